The number of aryl methyl sites for hydroxylation is 2. The number of benzene rings is 1. The van der Waals surface area contributed by atoms with Crippen LogP contribution in [0.2, 0.25) is 0 Å². The molecule has 1 aromatic carbocycles. The molecule has 0 atom stereocenters. The number of hydrogen-bond acceptors (Lipinski definition) is 2. The average Bonchev–Trinajstić information content (AvgIpc) is 2.19. The van der Waals surface area contributed by atoms with E-state index in [0.717, 1.165) is 25.1 Å². The highest BCUT2D eigenvalue weighted by molar-refractivity contribution is 5.40. The Labute approximate surface area is 98.0 Å². The van der Waals surface area contributed by atoms with Crippen molar-refractivity contribution < 1.29 is 4.74 Å². The van der Waals surface area contributed by atoms with E-state index in [2.05, 4.69) is 44.3 Å². The first kappa shape index (κ1) is 11.5. The van der Waals surface area contributed by atoms with E-state index in [1.807, 2.05) is 0 Å². The van der Waals surface area contributed by atoms with Gasteiger partial charge in [0, 0.05) is 6.04 Å². The van der Waals surface area contributed by atoms with Crippen molar-refractivity contribution in [2.45, 2.75) is 45.8 Å². The van der Waals surface area contributed by atoms with Crippen molar-refractivity contribution in [1.29, 1.82) is 0 Å². The lowest BCUT2D eigenvalue weighted by Crippen LogP contribution is -2.46. The first-order valence-corrected chi connectivity index (χ1v) is 6.17. The summed E-state index contributed by atoms with van der Waals surface area (Å²) in [6, 6.07) is 6.98. The maximum atomic E-state index is 6.05. The van der Waals surface area contributed by atoms with Gasteiger partial charge in [-0.25, -0.2) is 0 Å². The van der Waals surface area contributed by atoms with E-state index in [1.165, 1.54) is 11.1 Å². The lowest BCUT2D eigenvalue weighted by Gasteiger charge is -2.36. The molecular formula is C14H21NO. The maximum Gasteiger partial charge on any atom is 0.125 e. The molecule has 2 rings (SSSR count). The first-order valence-electron chi connectivity index (χ1n) is 6.17. The molecular weight excluding hydrogens is 198 g/mol. The molecule has 0 unspecified atom stereocenters. The Morgan fingerprint density at radius 1 is 1.25 bits per heavy atom. The lowest BCUT2D eigenvalue weighted by molar-refractivity contribution is 0.0846. The van der Waals surface area contributed by atoms with Crippen molar-refractivity contribution in [3.05, 3.63) is 29.3 Å². The molecule has 1 aliphatic carbocycles. The molecule has 1 aliphatic rings. The molecule has 0 aromatic heterocycles. The molecule has 16 heavy (non-hydrogen) atoms. The minimum absolute atomic E-state index is 0.406. The molecule has 1 aromatic rings. The number of para-hydroxylation sites is 1. The van der Waals surface area contributed by atoms with Crippen molar-refractivity contribution >= 4 is 0 Å². The second-order valence-electron chi connectivity index (χ2n) is 4.69. The summed E-state index contributed by atoms with van der Waals surface area (Å²) in [4.78, 5) is 0. The van der Waals surface area contributed by atoms with Crippen LogP contribution in [0, 0.1) is 13.8 Å². The van der Waals surface area contributed by atoms with Crippen LogP contribution in [0.5, 0.6) is 5.75 Å². The van der Waals surface area contributed by atoms with Gasteiger partial charge in [0.15, 0.2) is 0 Å². The number of nitrogens with one attached hydrogen (secondary N) is 1. The number of ether oxygens (including phenoxy) is 1. The monoisotopic (exact) mass is 219 g/mol. The molecule has 0 radical (unpaired) electrons. The molecule has 0 amide bonds. The van der Waals surface area contributed by atoms with Gasteiger partial charge in [-0.2, -0.15) is 0 Å². The third-order valence-electron chi connectivity index (χ3n) is 3.28. The van der Waals surface area contributed by atoms with Gasteiger partial charge < -0.3 is 10.1 Å². The minimum Gasteiger partial charge on any atom is -0.490 e. The molecule has 0 bridgehead atoms. The molecule has 0 spiro atoms. The molecule has 1 fully saturated rings. The van der Waals surface area contributed by atoms with E-state index in [-0.39, 0.29) is 0 Å². The first-order chi connectivity index (χ1) is 7.70. The smallest absolute Gasteiger partial charge is 0.125 e. The average molecular weight is 219 g/mol. The summed E-state index contributed by atoms with van der Waals surface area (Å²) in [5.41, 5.74) is 2.49. The van der Waals surface area contributed by atoms with Crippen molar-refractivity contribution in [1.82, 2.24) is 5.32 Å². The summed E-state index contributed by atoms with van der Waals surface area (Å²) in [5, 5.41) is 3.45. The van der Waals surface area contributed by atoms with Crippen molar-refractivity contribution in [3.63, 3.8) is 0 Å². The van der Waals surface area contributed by atoms with Gasteiger partial charge >= 0.3 is 0 Å². The van der Waals surface area contributed by atoms with Crippen LogP contribution < -0.4 is 10.1 Å². The zero-order valence-electron chi connectivity index (χ0n) is 10.4. The molecule has 2 nitrogen and oxygen atoms in total. The van der Waals surface area contributed by atoms with E-state index >= 15 is 0 Å². The zero-order valence-corrected chi connectivity index (χ0v) is 10.4. The third-order valence-corrected chi connectivity index (χ3v) is 3.28. The van der Waals surface area contributed by atoms with Crippen LogP contribution in [0.15, 0.2) is 18.2 Å². The van der Waals surface area contributed by atoms with Gasteiger partial charge in [0.1, 0.15) is 11.9 Å². The maximum absolute atomic E-state index is 6.05. The standard InChI is InChI=1S/C14H21NO/c1-4-15-12-8-13(9-12)16-14-10(2)6-5-7-11(14)3/h5-7,12-13,15H,4,8-9H2,1-3H3. The van der Waals surface area contributed by atoms with E-state index in [9.17, 15) is 0 Å². The third kappa shape index (κ3) is 2.38. The van der Waals surface area contributed by atoms with Gasteiger partial charge in [-0.3, -0.25) is 0 Å². The van der Waals surface area contributed by atoms with Crippen LogP contribution >= 0.6 is 0 Å². The summed E-state index contributed by atoms with van der Waals surface area (Å²) in [6.45, 7) is 7.44. The lowest BCUT2D eigenvalue weighted by atomic mass is 9.89. The summed E-state index contributed by atoms with van der Waals surface area (Å²) in [6.07, 6.45) is 2.69. The summed E-state index contributed by atoms with van der Waals surface area (Å²) < 4.78 is 6.05. The van der Waals surface area contributed by atoms with E-state index in [0.29, 0.717) is 12.1 Å². The SMILES string of the molecule is CCNC1CC(Oc2c(C)cccc2C)C1. The van der Waals surface area contributed by atoms with Gasteiger partial charge in [0.2, 0.25) is 0 Å². The summed E-state index contributed by atoms with van der Waals surface area (Å²) >= 11 is 0. The fourth-order valence-corrected chi connectivity index (χ4v) is 2.27. The highest BCUT2D eigenvalue weighted by Crippen LogP contribution is 2.30. The second-order valence-corrected chi connectivity index (χ2v) is 4.69. The van der Waals surface area contributed by atoms with E-state index in [4.69, 9.17) is 4.74 Å². The Balaban J connectivity index is 1.91. The number of hydrogen-bond donors (Lipinski definition) is 1. The van der Waals surface area contributed by atoms with Crippen LogP contribution in [-0.4, -0.2) is 18.7 Å². The summed E-state index contributed by atoms with van der Waals surface area (Å²) in [5.74, 6) is 1.09. The van der Waals surface area contributed by atoms with Crippen LogP contribution in [0.25, 0.3) is 0 Å². The Hall–Kier alpha value is -1.02. The van der Waals surface area contributed by atoms with Crippen molar-refractivity contribution in [2.75, 3.05) is 6.54 Å². The molecule has 2 heteroatoms. The van der Waals surface area contributed by atoms with Crippen molar-refractivity contribution in [3.8, 4) is 5.75 Å². The van der Waals surface area contributed by atoms with Crippen LogP contribution in [0.4, 0.5) is 0 Å². The predicted octanol–water partition coefficient (Wildman–Crippen LogP) is 2.82. The minimum atomic E-state index is 0.406. The Morgan fingerprint density at radius 2 is 1.88 bits per heavy atom. The molecule has 88 valence electrons. The molecule has 0 saturated heterocycles. The Bertz CT molecular complexity index is 336. The fourth-order valence-electron chi connectivity index (χ4n) is 2.27. The number of rotatable bonds is 4. The van der Waals surface area contributed by atoms with Gasteiger partial charge in [-0.05, 0) is 44.4 Å². The predicted molar refractivity (Wildman–Crippen MR) is 67.0 cm³/mol. The van der Waals surface area contributed by atoms with E-state index in [1.54, 1.807) is 0 Å². The molecule has 0 heterocycles. The highest BCUT2D eigenvalue weighted by Gasteiger charge is 2.30. The molecule has 1 N–H and O–H groups in total. The summed E-state index contributed by atoms with van der Waals surface area (Å²) in [7, 11) is 0. The zero-order chi connectivity index (χ0) is 11.5. The van der Waals surface area contributed by atoms with Gasteiger partial charge in [0.25, 0.3) is 0 Å². The second kappa shape index (κ2) is 4.88. The van der Waals surface area contributed by atoms with Gasteiger partial charge in [-0.15, -0.1) is 0 Å². The Morgan fingerprint density at radius 3 is 2.44 bits per heavy atom. The fraction of sp³-hybridized carbons (Fsp3) is 0.571. The highest BCUT2D eigenvalue weighted by atomic mass is 16.5. The molecule has 0 aliphatic heterocycles. The normalized spacial score (nSPS) is 23.9. The van der Waals surface area contributed by atoms with Crippen LogP contribution in [0.1, 0.15) is 30.9 Å². The largest absolute Gasteiger partial charge is 0.490 e. The van der Waals surface area contributed by atoms with Crippen LogP contribution in [0.3, 0.4) is 0 Å². The van der Waals surface area contributed by atoms with Gasteiger partial charge in [-0.1, -0.05) is 25.1 Å². The van der Waals surface area contributed by atoms with Gasteiger partial charge in [0.05, 0.1) is 0 Å². The van der Waals surface area contributed by atoms with E-state index < -0.39 is 0 Å². The van der Waals surface area contributed by atoms with Crippen molar-refractivity contribution in [2.24, 2.45) is 0 Å². The quantitative estimate of drug-likeness (QED) is 0.840. The molecule has 1 saturated carbocycles. The van der Waals surface area contributed by atoms with Crippen LogP contribution in [-0.2, 0) is 0 Å². The topological polar surface area (TPSA) is 21.3 Å². The Kier molecular flexibility index (Phi) is 3.49.